The number of fused-ring (bicyclic) bond motifs is 5. The standard InChI is InChI=1S/C29H33FN4O5S/c1-15-24-21-13-23(25(15)24)34(28(36)39-29(2,3)4)26(21)27(35)33-19(14-31)11-18-6-5-17(12-22(18)30)16-7-9-20(10-8-16)40(32,37)38/h5-10,12,15,19,21,23-26H,11,13H2,1-4H3,(H,33,35)(H2,32,37,38)/t15-,19-,21+,23-,24-,25+,26-/m0/s1. The van der Waals surface area contributed by atoms with Crippen molar-refractivity contribution in [3.05, 3.63) is 53.8 Å². The number of carbonyl (C=O) groups is 2. The van der Waals surface area contributed by atoms with Crippen LogP contribution in [0.15, 0.2) is 47.4 Å². The van der Waals surface area contributed by atoms with Gasteiger partial charge in [-0.1, -0.05) is 31.2 Å². The first kappa shape index (κ1) is 28.1. The number of hydrogen-bond donors (Lipinski definition) is 2. The number of carbonyl (C=O) groups excluding carboxylic acids is 2. The van der Waals surface area contributed by atoms with Gasteiger partial charge >= 0.3 is 6.09 Å². The Labute approximate surface area is 233 Å². The maximum atomic E-state index is 15.1. The van der Waals surface area contributed by atoms with Crippen molar-refractivity contribution in [3.8, 4) is 17.2 Å². The van der Waals surface area contributed by atoms with Crippen LogP contribution in [-0.4, -0.2) is 49.0 Å². The summed E-state index contributed by atoms with van der Waals surface area (Å²) in [7, 11) is -3.84. The highest BCUT2D eigenvalue weighted by molar-refractivity contribution is 7.89. The number of primary sulfonamides is 1. The number of piperidine rings is 1. The second kappa shape index (κ2) is 9.85. The monoisotopic (exact) mass is 568 g/mol. The quantitative estimate of drug-likeness (QED) is 0.545. The van der Waals surface area contributed by atoms with Crippen LogP contribution >= 0.6 is 0 Å². The van der Waals surface area contributed by atoms with Crippen molar-refractivity contribution in [1.29, 1.82) is 5.26 Å². The number of nitrogens with zero attached hydrogens (tertiary/aromatic N) is 2. The summed E-state index contributed by atoms with van der Waals surface area (Å²) >= 11 is 0. The molecular formula is C29H33FN4O5S. The minimum absolute atomic E-state index is 0.00790. The molecule has 2 saturated carbocycles. The molecule has 0 spiro atoms. The maximum Gasteiger partial charge on any atom is 0.411 e. The number of nitrogens with two attached hydrogens (primary N) is 1. The first-order valence-corrected chi connectivity index (χ1v) is 14.9. The summed E-state index contributed by atoms with van der Waals surface area (Å²) in [6.07, 6.45) is 0.154. The second-order valence-electron chi connectivity index (χ2n) is 12.1. The molecule has 3 N–H and O–H groups in total. The molecular weight excluding hydrogens is 535 g/mol. The Hall–Kier alpha value is -3.49. The predicted octanol–water partition coefficient (Wildman–Crippen LogP) is 3.58. The zero-order chi connectivity index (χ0) is 29.1. The molecule has 5 rings (SSSR count). The number of benzene rings is 2. The maximum absolute atomic E-state index is 15.1. The third-order valence-electron chi connectivity index (χ3n) is 8.37. The molecule has 2 aromatic carbocycles. The summed E-state index contributed by atoms with van der Waals surface area (Å²) < 4.78 is 43.7. The summed E-state index contributed by atoms with van der Waals surface area (Å²) in [6, 6.07) is 10.5. The molecule has 2 bridgehead atoms. The molecule has 1 aliphatic heterocycles. The Balaban J connectivity index is 1.29. The number of nitrogens with one attached hydrogen (secondary N) is 1. The predicted molar refractivity (Wildman–Crippen MR) is 144 cm³/mol. The Kier molecular flexibility index (Phi) is 6.91. The fourth-order valence-corrected chi connectivity index (χ4v) is 7.19. The number of halogens is 1. The molecule has 9 nitrogen and oxygen atoms in total. The lowest BCUT2D eigenvalue weighted by Gasteiger charge is -2.35. The normalized spacial score (nSPS) is 27.5. The molecule has 7 atom stereocenters. The van der Waals surface area contributed by atoms with Gasteiger partial charge in [-0.3, -0.25) is 9.69 Å². The molecule has 1 saturated heterocycles. The van der Waals surface area contributed by atoms with Crippen LogP contribution in [0, 0.1) is 40.8 Å². The van der Waals surface area contributed by atoms with E-state index in [-0.39, 0.29) is 28.8 Å². The lowest BCUT2D eigenvalue weighted by atomic mass is 9.94. The SMILES string of the molecule is C[C@H]1[C@H]2[C@H]3C[C@@H]([C@@H]12)N(C(=O)OC(C)(C)C)[C@@H]3C(=O)N[C@H](C#N)Cc1ccc(-c2ccc(S(N)(=O)=O)cc2)cc1F. The Morgan fingerprint density at radius 1 is 1.18 bits per heavy atom. The van der Waals surface area contributed by atoms with Crippen LogP contribution in [0.4, 0.5) is 9.18 Å². The van der Waals surface area contributed by atoms with Crippen molar-refractivity contribution >= 4 is 22.0 Å². The van der Waals surface area contributed by atoms with Crippen LogP contribution < -0.4 is 10.5 Å². The third kappa shape index (κ3) is 5.18. The molecule has 0 aromatic heterocycles. The van der Waals surface area contributed by atoms with E-state index in [4.69, 9.17) is 9.88 Å². The number of amides is 2. The largest absolute Gasteiger partial charge is 0.444 e. The van der Waals surface area contributed by atoms with E-state index >= 15 is 4.39 Å². The fourth-order valence-electron chi connectivity index (χ4n) is 6.67. The molecule has 11 heteroatoms. The van der Waals surface area contributed by atoms with E-state index in [1.807, 2.05) is 0 Å². The van der Waals surface area contributed by atoms with Crippen molar-refractivity contribution in [2.24, 2.45) is 28.8 Å². The number of ether oxygens (including phenoxy) is 1. The Morgan fingerprint density at radius 3 is 2.40 bits per heavy atom. The van der Waals surface area contributed by atoms with E-state index in [1.165, 1.54) is 36.4 Å². The van der Waals surface area contributed by atoms with Gasteiger partial charge in [-0.15, -0.1) is 0 Å². The van der Waals surface area contributed by atoms with Gasteiger partial charge < -0.3 is 10.1 Å². The molecule has 2 amide bonds. The van der Waals surface area contributed by atoms with Gasteiger partial charge in [0.1, 0.15) is 23.5 Å². The van der Waals surface area contributed by atoms with Crippen LogP contribution in [0.1, 0.15) is 39.7 Å². The van der Waals surface area contributed by atoms with Crippen molar-refractivity contribution in [1.82, 2.24) is 10.2 Å². The second-order valence-corrected chi connectivity index (χ2v) is 13.6. The highest BCUT2D eigenvalue weighted by Gasteiger charge is 2.71. The molecule has 0 unspecified atom stereocenters. The number of rotatable bonds is 6. The summed E-state index contributed by atoms with van der Waals surface area (Å²) in [5.74, 6) is 0.207. The summed E-state index contributed by atoms with van der Waals surface area (Å²) in [6.45, 7) is 7.48. The number of hydrogen-bond acceptors (Lipinski definition) is 6. The average molecular weight is 569 g/mol. The van der Waals surface area contributed by atoms with Gasteiger partial charge in [-0.05, 0) is 85.8 Å². The van der Waals surface area contributed by atoms with Crippen molar-refractivity contribution < 1.29 is 27.1 Å². The van der Waals surface area contributed by atoms with E-state index in [0.717, 1.165) is 6.42 Å². The van der Waals surface area contributed by atoms with Crippen LogP contribution in [0.3, 0.4) is 0 Å². The first-order valence-electron chi connectivity index (χ1n) is 13.3. The van der Waals surface area contributed by atoms with Crippen LogP contribution in [0.25, 0.3) is 11.1 Å². The van der Waals surface area contributed by atoms with Crippen molar-refractivity contribution in [2.45, 2.75) is 69.2 Å². The van der Waals surface area contributed by atoms with Gasteiger partial charge in [0.2, 0.25) is 15.9 Å². The van der Waals surface area contributed by atoms with Crippen LogP contribution in [-0.2, 0) is 26.0 Å². The fraction of sp³-hybridized carbons (Fsp3) is 0.483. The van der Waals surface area contributed by atoms with Gasteiger partial charge in [0.25, 0.3) is 0 Å². The van der Waals surface area contributed by atoms with Gasteiger partial charge in [0.05, 0.1) is 11.0 Å². The van der Waals surface area contributed by atoms with E-state index in [0.29, 0.717) is 28.9 Å². The average Bonchev–Trinajstić information content (AvgIpc) is 3.20. The summed E-state index contributed by atoms with van der Waals surface area (Å²) in [5, 5.41) is 17.7. The van der Waals surface area contributed by atoms with Gasteiger partial charge in [-0.2, -0.15) is 5.26 Å². The lowest BCUT2D eigenvalue weighted by Crippen LogP contribution is -2.56. The van der Waals surface area contributed by atoms with Gasteiger partial charge in [0.15, 0.2) is 0 Å². The number of sulfonamides is 1. The number of nitriles is 1. The smallest absolute Gasteiger partial charge is 0.411 e. The molecule has 1 heterocycles. The molecule has 40 heavy (non-hydrogen) atoms. The molecule has 0 radical (unpaired) electrons. The molecule has 2 aliphatic carbocycles. The van der Waals surface area contributed by atoms with Gasteiger partial charge in [-0.25, -0.2) is 22.7 Å². The minimum Gasteiger partial charge on any atom is -0.444 e. The Morgan fingerprint density at radius 2 is 1.82 bits per heavy atom. The van der Waals surface area contributed by atoms with E-state index in [1.54, 1.807) is 31.7 Å². The van der Waals surface area contributed by atoms with E-state index < -0.39 is 45.5 Å². The molecule has 212 valence electrons. The number of likely N-dealkylation sites (tertiary alicyclic amines) is 1. The summed E-state index contributed by atoms with van der Waals surface area (Å²) in [4.78, 5) is 28.2. The van der Waals surface area contributed by atoms with Crippen LogP contribution in [0.2, 0.25) is 0 Å². The Bertz CT molecular complexity index is 1500. The highest BCUT2D eigenvalue weighted by Crippen LogP contribution is 2.67. The zero-order valence-corrected chi connectivity index (χ0v) is 23.6. The van der Waals surface area contributed by atoms with Crippen LogP contribution in [0.5, 0.6) is 0 Å². The van der Waals surface area contributed by atoms with E-state index in [2.05, 4.69) is 18.3 Å². The minimum atomic E-state index is -3.84. The summed E-state index contributed by atoms with van der Waals surface area (Å²) in [5.41, 5.74) is 0.638. The first-order chi connectivity index (χ1) is 18.7. The van der Waals surface area contributed by atoms with Crippen molar-refractivity contribution in [3.63, 3.8) is 0 Å². The van der Waals surface area contributed by atoms with Gasteiger partial charge in [0, 0.05) is 12.5 Å². The van der Waals surface area contributed by atoms with Crippen molar-refractivity contribution in [2.75, 3.05) is 0 Å². The topological polar surface area (TPSA) is 143 Å². The molecule has 3 fully saturated rings. The highest BCUT2D eigenvalue weighted by atomic mass is 32.2. The molecule has 3 aliphatic rings. The van der Waals surface area contributed by atoms with E-state index in [9.17, 15) is 23.3 Å². The third-order valence-corrected chi connectivity index (χ3v) is 9.30. The zero-order valence-electron chi connectivity index (χ0n) is 22.8. The molecule has 2 aromatic rings. The lowest BCUT2D eigenvalue weighted by molar-refractivity contribution is -0.128.